The fourth-order valence-corrected chi connectivity index (χ4v) is 0.889. The first-order valence-electron chi connectivity index (χ1n) is 5.34. The Morgan fingerprint density at radius 3 is 1.83 bits per heavy atom. The number of carbonyl (C=O) groups is 2. The number of carboxylic acids is 2. The molecular formula is C12H20O6. The summed E-state index contributed by atoms with van der Waals surface area (Å²) in [6.07, 6.45) is 1.47. The molecule has 18 heavy (non-hydrogen) atoms. The summed E-state index contributed by atoms with van der Waals surface area (Å²) in [7, 11) is 0. The summed E-state index contributed by atoms with van der Waals surface area (Å²) in [4.78, 5) is 19.8. The molecule has 0 aromatic heterocycles. The summed E-state index contributed by atoms with van der Waals surface area (Å²) >= 11 is 0. The maximum Gasteiger partial charge on any atom is 0.331 e. The molecule has 0 aliphatic rings. The third-order valence-corrected chi connectivity index (χ3v) is 1.67. The van der Waals surface area contributed by atoms with Crippen LogP contribution >= 0.6 is 0 Å². The maximum absolute atomic E-state index is 10.6. The fraction of sp³-hybridized carbons (Fsp3) is 0.500. The van der Waals surface area contributed by atoms with Crippen molar-refractivity contribution in [2.45, 2.75) is 38.9 Å². The highest BCUT2D eigenvalue weighted by molar-refractivity contribution is 5.86. The third kappa shape index (κ3) is 14.3. The van der Waals surface area contributed by atoms with E-state index in [4.69, 9.17) is 20.4 Å². The van der Waals surface area contributed by atoms with E-state index in [0.717, 1.165) is 6.08 Å². The molecule has 0 aliphatic carbocycles. The lowest BCUT2D eigenvalue weighted by atomic mass is 10.1. The molecule has 0 fully saturated rings. The average molecular weight is 260 g/mol. The van der Waals surface area contributed by atoms with Crippen LogP contribution in [0.25, 0.3) is 0 Å². The molecule has 2 atom stereocenters. The number of aliphatic carboxylic acids is 2. The van der Waals surface area contributed by atoms with E-state index in [1.807, 2.05) is 0 Å². The van der Waals surface area contributed by atoms with Gasteiger partial charge in [0.25, 0.3) is 0 Å². The van der Waals surface area contributed by atoms with Crippen molar-refractivity contribution in [2.75, 3.05) is 0 Å². The molecule has 0 rings (SSSR count). The van der Waals surface area contributed by atoms with Crippen LogP contribution in [0.4, 0.5) is 0 Å². The molecule has 6 nitrogen and oxygen atoms in total. The highest BCUT2D eigenvalue weighted by atomic mass is 16.4. The molecule has 0 amide bonds. The van der Waals surface area contributed by atoms with Crippen LogP contribution in [0.1, 0.15) is 26.7 Å². The summed E-state index contributed by atoms with van der Waals surface area (Å²) in [5.74, 6) is -2.02. The topological polar surface area (TPSA) is 115 Å². The Labute approximate surface area is 106 Å². The molecule has 0 saturated carbocycles. The van der Waals surface area contributed by atoms with Crippen LogP contribution in [0.2, 0.25) is 0 Å². The van der Waals surface area contributed by atoms with Crippen molar-refractivity contribution in [3.63, 3.8) is 0 Å². The Hall–Kier alpha value is -1.66. The summed E-state index contributed by atoms with van der Waals surface area (Å²) in [6.45, 7) is 6.07. The summed E-state index contributed by atoms with van der Waals surface area (Å²) in [5, 5.41) is 34.2. The molecule has 2 unspecified atom stereocenters. The summed E-state index contributed by atoms with van der Waals surface area (Å²) in [6, 6.07) is 0. The molecular weight excluding hydrogens is 240 g/mol. The van der Waals surface area contributed by atoms with Crippen LogP contribution in [0.5, 0.6) is 0 Å². The number of hydrogen-bond donors (Lipinski definition) is 4. The van der Waals surface area contributed by atoms with Crippen LogP contribution in [0.15, 0.2) is 24.3 Å². The normalized spacial score (nSPS) is 13.9. The van der Waals surface area contributed by atoms with Gasteiger partial charge in [0.05, 0.1) is 12.2 Å². The van der Waals surface area contributed by atoms with E-state index in [2.05, 4.69) is 6.58 Å². The van der Waals surface area contributed by atoms with Crippen molar-refractivity contribution in [3.05, 3.63) is 24.3 Å². The second kappa shape index (κ2) is 10.5. The van der Waals surface area contributed by atoms with Crippen molar-refractivity contribution in [1.82, 2.24) is 0 Å². The van der Waals surface area contributed by atoms with Gasteiger partial charge in [0.15, 0.2) is 0 Å². The van der Waals surface area contributed by atoms with E-state index in [0.29, 0.717) is 6.42 Å². The van der Waals surface area contributed by atoms with Gasteiger partial charge in [-0.2, -0.15) is 0 Å². The van der Waals surface area contributed by atoms with Crippen LogP contribution in [-0.4, -0.2) is 44.6 Å². The second-order valence-electron chi connectivity index (χ2n) is 3.71. The lowest BCUT2D eigenvalue weighted by molar-refractivity contribution is -0.133. The zero-order chi connectivity index (χ0) is 14.7. The quantitative estimate of drug-likeness (QED) is 0.525. The first-order chi connectivity index (χ1) is 8.20. The number of carboxylic acid groups (broad SMARTS) is 2. The number of aliphatic hydroxyl groups excluding tert-OH is 2. The van der Waals surface area contributed by atoms with Gasteiger partial charge in [-0.1, -0.05) is 12.7 Å². The summed E-state index contributed by atoms with van der Waals surface area (Å²) in [5.41, 5.74) is 0.149. The standard InChI is InChI=1S/C9H16O4.C3H4O2/c1-6(10)3-4-8(9(12)13)5-7(2)11;1-2-3(4)5/h4,6-7,10-11H,3,5H2,1-2H3,(H,12,13);2H,1H2,(H,4,5). The minimum absolute atomic E-state index is 0.113. The predicted octanol–water partition coefficient (Wildman–Crippen LogP) is 0.796. The largest absolute Gasteiger partial charge is 0.478 e. The zero-order valence-corrected chi connectivity index (χ0v) is 10.5. The smallest absolute Gasteiger partial charge is 0.331 e. The van der Waals surface area contributed by atoms with Gasteiger partial charge in [-0.05, 0) is 20.3 Å². The Bertz CT molecular complexity index is 304. The van der Waals surface area contributed by atoms with E-state index >= 15 is 0 Å². The Balaban J connectivity index is 0. The van der Waals surface area contributed by atoms with Gasteiger partial charge in [-0.3, -0.25) is 0 Å². The minimum Gasteiger partial charge on any atom is -0.478 e. The highest BCUT2D eigenvalue weighted by Gasteiger charge is 2.10. The SMILES string of the molecule is C=CC(=O)O.CC(O)CC=C(CC(C)O)C(=O)O. The van der Waals surface area contributed by atoms with Crippen LogP contribution in [0.3, 0.4) is 0 Å². The second-order valence-corrected chi connectivity index (χ2v) is 3.71. The number of rotatable bonds is 6. The number of aliphatic hydroxyl groups is 2. The van der Waals surface area contributed by atoms with Gasteiger partial charge in [-0.15, -0.1) is 0 Å². The predicted molar refractivity (Wildman–Crippen MR) is 66.1 cm³/mol. The molecule has 0 aromatic rings. The molecule has 0 spiro atoms. The molecule has 0 radical (unpaired) electrons. The van der Waals surface area contributed by atoms with Crippen molar-refractivity contribution < 1.29 is 30.0 Å². The fourth-order valence-electron chi connectivity index (χ4n) is 0.889. The van der Waals surface area contributed by atoms with Crippen LogP contribution < -0.4 is 0 Å². The third-order valence-electron chi connectivity index (χ3n) is 1.67. The molecule has 104 valence electrons. The lowest BCUT2D eigenvalue weighted by Crippen LogP contribution is -2.10. The van der Waals surface area contributed by atoms with Crippen molar-refractivity contribution in [2.24, 2.45) is 0 Å². The maximum atomic E-state index is 10.6. The molecule has 6 heteroatoms. The minimum atomic E-state index is -1.04. The van der Waals surface area contributed by atoms with E-state index in [-0.39, 0.29) is 12.0 Å². The molecule has 0 heterocycles. The summed E-state index contributed by atoms with van der Waals surface area (Å²) < 4.78 is 0. The molecule has 0 bridgehead atoms. The van der Waals surface area contributed by atoms with E-state index in [9.17, 15) is 9.59 Å². The van der Waals surface area contributed by atoms with E-state index in [1.54, 1.807) is 6.92 Å². The van der Waals surface area contributed by atoms with Crippen molar-refractivity contribution >= 4 is 11.9 Å². The van der Waals surface area contributed by atoms with Gasteiger partial charge >= 0.3 is 11.9 Å². The van der Waals surface area contributed by atoms with E-state index in [1.165, 1.54) is 13.0 Å². The first-order valence-corrected chi connectivity index (χ1v) is 5.34. The molecule has 0 aromatic carbocycles. The van der Waals surface area contributed by atoms with Crippen LogP contribution in [-0.2, 0) is 9.59 Å². The van der Waals surface area contributed by atoms with Gasteiger partial charge in [0.1, 0.15) is 0 Å². The molecule has 4 N–H and O–H groups in total. The number of hydrogen-bond acceptors (Lipinski definition) is 4. The molecule has 0 saturated heterocycles. The average Bonchev–Trinajstić information content (AvgIpc) is 2.23. The molecule has 0 aliphatic heterocycles. The first kappa shape index (κ1) is 18.7. The van der Waals surface area contributed by atoms with Gasteiger partial charge < -0.3 is 20.4 Å². The Morgan fingerprint density at radius 2 is 1.61 bits per heavy atom. The Kier molecular flexibility index (Phi) is 10.9. The monoisotopic (exact) mass is 260 g/mol. The van der Waals surface area contributed by atoms with Gasteiger partial charge in [0, 0.05) is 18.1 Å². The van der Waals surface area contributed by atoms with E-state index < -0.39 is 24.1 Å². The highest BCUT2D eigenvalue weighted by Crippen LogP contribution is 2.08. The van der Waals surface area contributed by atoms with Gasteiger partial charge in [0.2, 0.25) is 0 Å². The van der Waals surface area contributed by atoms with Crippen LogP contribution in [0, 0.1) is 0 Å². The van der Waals surface area contributed by atoms with Gasteiger partial charge in [-0.25, -0.2) is 9.59 Å². The van der Waals surface area contributed by atoms with Crippen molar-refractivity contribution in [3.8, 4) is 0 Å². The Morgan fingerprint density at radius 1 is 1.17 bits per heavy atom. The lowest BCUT2D eigenvalue weighted by Gasteiger charge is -2.05. The zero-order valence-electron chi connectivity index (χ0n) is 10.5. The van der Waals surface area contributed by atoms with Crippen molar-refractivity contribution in [1.29, 1.82) is 0 Å².